The zero-order valence-electron chi connectivity index (χ0n) is 11.6. The average Bonchev–Trinajstić information content (AvgIpc) is 3.18. The summed E-state index contributed by atoms with van der Waals surface area (Å²) in [5.74, 6) is 0.882. The summed E-state index contributed by atoms with van der Waals surface area (Å²) in [5.41, 5.74) is 2.00. The highest BCUT2D eigenvalue weighted by atomic mass is 15.3. The van der Waals surface area contributed by atoms with Crippen LogP contribution < -0.4 is 0 Å². The number of piperazine rings is 1. The summed E-state index contributed by atoms with van der Waals surface area (Å²) in [6, 6.07) is 0. The molecule has 0 amide bonds. The number of allylic oxidation sites excluding steroid dienone is 1. The van der Waals surface area contributed by atoms with Crippen molar-refractivity contribution in [2.24, 2.45) is 16.1 Å². The van der Waals surface area contributed by atoms with E-state index in [1.807, 2.05) is 0 Å². The second-order valence-corrected chi connectivity index (χ2v) is 5.31. The highest BCUT2D eigenvalue weighted by molar-refractivity contribution is 5.26. The van der Waals surface area contributed by atoms with Gasteiger partial charge in [0.1, 0.15) is 5.70 Å². The predicted octanol–water partition coefficient (Wildman–Crippen LogP) is 2.51. The Morgan fingerprint density at radius 3 is 2.50 bits per heavy atom. The zero-order valence-corrected chi connectivity index (χ0v) is 11.6. The molecule has 0 aromatic heterocycles. The Bertz CT molecular complexity index is 347. The SMILES string of the molecule is C=C(C(=C/CC1CC1)/N=N\C)N1CCN(C)CC1. The molecule has 2 aliphatic rings. The third kappa shape index (κ3) is 3.67. The van der Waals surface area contributed by atoms with Crippen LogP contribution in [0.15, 0.2) is 34.3 Å². The van der Waals surface area contributed by atoms with Crippen molar-refractivity contribution in [2.45, 2.75) is 19.3 Å². The monoisotopic (exact) mass is 248 g/mol. The van der Waals surface area contributed by atoms with Gasteiger partial charge in [-0.3, -0.25) is 0 Å². The van der Waals surface area contributed by atoms with Crippen molar-refractivity contribution in [3.8, 4) is 0 Å². The molecule has 0 aromatic carbocycles. The van der Waals surface area contributed by atoms with Crippen molar-refractivity contribution < 1.29 is 0 Å². The summed E-state index contributed by atoms with van der Waals surface area (Å²) in [5, 5.41) is 8.17. The fraction of sp³-hybridized carbons (Fsp3) is 0.714. The molecule has 0 N–H and O–H groups in total. The quantitative estimate of drug-likeness (QED) is 0.553. The maximum Gasteiger partial charge on any atom is 0.104 e. The summed E-state index contributed by atoms with van der Waals surface area (Å²) in [4.78, 5) is 4.67. The van der Waals surface area contributed by atoms with Gasteiger partial charge in [0.15, 0.2) is 0 Å². The molecule has 0 unspecified atom stereocenters. The van der Waals surface area contributed by atoms with Gasteiger partial charge < -0.3 is 9.80 Å². The molecule has 1 saturated heterocycles. The minimum atomic E-state index is 0.882. The van der Waals surface area contributed by atoms with Crippen molar-refractivity contribution in [1.82, 2.24) is 9.80 Å². The summed E-state index contributed by atoms with van der Waals surface area (Å²) >= 11 is 0. The molecule has 0 bridgehead atoms. The van der Waals surface area contributed by atoms with Crippen LogP contribution in [0.3, 0.4) is 0 Å². The molecule has 4 heteroatoms. The Morgan fingerprint density at radius 2 is 1.94 bits per heavy atom. The van der Waals surface area contributed by atoms with Crippen molar-refractivity contribution in [3.05, 3.63) is 24.0 Å². The van der Waals surface area contributed by atoms with Crippen LogP contribution in [0, 0.1) is 5.92 Å². The van der Waals surface area contributed by atoms with E-state index in [1.54, 1.807) is 7.05 Å². The first-order valence-electron chi connectivity index (χ1n) is 6.83. The van der Waals surface area contributed by atoms with Crippen LogP contribution in [-0.4, -0.2) is 50.1 Å². The van der Waals surface area contributed by atoms with Crippen molar-refractivity contribution in [1.29, 1.82) is 0 Å². The van der Waals surface area contributed by atoms with Crippen LogP contribution in [0.2, 0.25) is 0 Å². The molecule has 18 heavy (non-hydrogen) atoms. The van der Waals surface area contributed by atoms with Gasteiger partial charge in [-0.05, 0) is 32.2 Å². The Labute approximate surface area is 110 Å². The number of likely N-dealkylation sites (N-methyl/N-ethyl adjacent to an activating group) is 1. The van der Waals surface area contributed by atoms with E-state index in [1.165, 1.54) is 12.8 Å². The summed E-state index contributed by atoms with van der Waals surface area (Å²) in [6.45, 7) is 8.47. The Hall–Kier alpha value is -1.16. The van der Waals surface area contributed by atoms with E-state index in [9.17, 15) is 0 Å². The van der Waals surface area contributed by atoms with Gasteiger partial charge in [-0.25, -0.2) is 0 Å². The number of rotatable bonds is 5. The maximum absolute atomic E-state index is 4.25. The third-order valence-electron chi connectivity index (χ3n) is 3.73. The van der Waals surface area contributed by atoms with Gasteiger partial charge in [-0.2, -0.15) is 10.2 Å². The van der Waals surface area contributed by atoms with Gasteiger partial charge in [0.05, 0.1) is 5.70 Å². The van der Waals surface area contributed by atoms with Crippen LogP contribution in [0.1, 0.15) is 19.3 Å². The molecule has 2 fully saturated rings. The van der Waals surface area contributed by atoms with E-state index in [0.29, 0.717) is 0 Å². The lowest BCUT2D eigenvalue weighted by molar-refractivity contribution is 0.189. The van der Waals surface area contributed by atoms with Crippen LogP contribution in [-0.2, 0) is 0 Å². The van der Waals surface area contributed by atoms with Crippen molar-refractivity contribution in [2.75, 3.05) is 40.3 Å². The second kappa shape index (κ2) is 6.14. The standard InChI is InChI=1S/C14H24N4/c1-12(18-10-8-17(3)9-11-18)14(16-15-2)7-6-13-4-5-13/h7,13H,1,4-6,8-11H2,2-3H3/b14-7-,16-15-. The van der Waals surface area contributed by atoms with Gasteiger partial charge in [0.2, 0.25) is 0 Å². The lowest BCUT2D eigenvalue weighted by Gasteiger charge is -2.35. The first-order valence-corrected chi connectivity index (χ1v) is 6.83. The molecule has 2 rings (SSSR count). The van der Waals surface area contributed by atoms with Crippen molar-refractivity contribution >= 4 is 0 Å². The predicted molar refractivity (Wildman–Crippen MR) is 74.4 cm³/mol. The summed E-state index contributed by atoms with van der Waals surface area (Å²) in [6.07, 6.45) is 6.08. The Morgan fingerprint density at radius 1 is 1.28 bits per heavy atom. The molecule has 1 heterocycles. The molecule has 0 atom stereocenters. The van der Waals surface area contributed by atoms with Crippen LogP contribution in [0.4, 0.5) is 0 Å². The van der Waals surface area contributed by atoms with E-state index in [0.717, 1.165) is 49.9 Å². The minimum Gasteiger partial charge on any atom is -0.368 e. The van der Waals surface area contributed by atoms with E-state index in [2.05, 4.69) is 39.7 Å². The largest absolute Gasteiger partial charge is 0.368 e. The smallest absolute Gasteiger partial charge is 0.104 e. The average molecular weight is 248 g/mol. The zero-order chi connectivity index (χ0) is 13.0. The molecular weight excluding hydrogens is 224 g/mol. The molecule has 4 nitrogen and oxygen atoms in total. The first kappa shape index (κ1) is 13.3. The molecular formula is C14H24N4. The molecule has 0 aromatic rings. The topological polar surface area (TPSA) is 31.2 Å². The molecule has 0 radical (unpaired) electrons. The van der Waals surface area contributed by atoms with Gasteiger partial charge >= 0.3 is 0 Å². The van der Waals surface area contributed by atoms with E-state index < -0.39 is 0 Å². The van der Waals surface area contributed by atoms with E-state index >= 15 is 0 Å². The van der Waals surface area contributed by atoms with Gasteiger partial charge in [-0.1, -0.05) is 12.7 Å². The van der Waals surface area contributed by atoms with Crippen LogP contribution in [0.25, 0.3) is 0 Å². The fourth-order valence-electron chi connectivity index (χ4n) is 2.19. The highest BCUT2D eigenvalue weighted by Gasteiger charge is 2.21. The van der Waals surface area contributed by atoms with Gasteiger partial charge in [0.25, 0.3) is 0 Å². The van der Waals surface area contributed by atoms with Crippen LogP contribution >= 0.6 is 0 Å². The molecule has 1 aliphatic carbocycles. The molecule has 1 aliphatic heterocycles. The Balaban J connectivity index is 1.95. The number of nitrogens with zero attached hydrogens (tertiary/aromatic N) is 4. The summed E-state index contributed by atoms with van der Waals surface area (Å²) < 4.78 is 0. The number of hydrogen-bond donors (Lipinski definition) is 0. The number of azo groups is 1. The molecule has 1 saturated carbocycles. The fourth-order valence-corrected chi connectivity index (χ4v) is 2.19. The van der Waals surface area contributed by atoms with Gasteiger partial charge in [0, 0.05) is 33.2 Å². The number of hydrogen-bond acceptors (Lipinski definition) is 4. The van der Waals surface area contributed by atoms with Crippen LogP contribution in [0.5, 0.6) is 0 Å². The second-order valence-electron chi connectivity index (χ2n) is 5.31. The third-order valence-corrected chi connectivity index (χ3v) is 3.73. The van der Waals surface area contributed by atoms with E-state index in [4.69, 9.17) is 0 Å². The maximum atomic E-state index is 4.25. The van der Waals surface area contributed by atoms with E-state index in [-0.39, 0.29) is 0 Å². The minimum absolute atomic E-state index is 0.882. The first-order chi connectivity index (χ1) is 8.70. The lowest BCUT2D eigenvalue weighted by atomic mass is 10.2. The summed E-state index contributed by atoms with van der Waals surface area (Å²) in [7, 11) is 3.89. The molecule has 100 valence electrons. The highest BCUT2D eigenvalue weighted by Crippen LogP contribution is 2.33. The lowest BCUT2D eigenvalue weighted by Crippen LogP contribution is -2.43. The molecule has 0 spiro atoms. The Kier molecular flexibility index (Phi) is 4.53. The van der Waals surface area contributed by atoms with Gasteiger partial charge in [-0.15, -0.1) is 0 Å². The normalized spacial score (nSPS) is 22.8. The van der Waals surface area contributed by atoms with Crippen molar-refractivity contribution in [3.63, 3.8) is 0 Å².